The van der Waals surface area contributed by atoms with Crippen LogP contribution in [0.3, 0.4) is 0 Å². The summed E-state index contributed by atoms with van der Waals surface area (Å²) >= 11 is 0. The second-order valence-electron chi connectivity index (χ2n) is 7.17. The molecule has 3 heterocycles. The number of H-pyrrole nitrogens is 1. The second-order valence-corrected chi connectivity index (χ2v) is 7.17. The van der Waals surface area contributed by atoms with Crippen molar-refractivity contribution in [3.63, 3.8) is 0 Å². The molecule has 8 heteroatoms. The van der Waals surface area contributed by atoms with Gasteiger partial charge in [0, 0.05) is 36.7 Å². The van der Waals surface area contributed by atoms with E-state index in [4.69, 9.17) is 5.26 Å². The Kier molecular flexibility index (Phi) is 5.52. The van der Waals surface area contributed by atoms with Gasteiger partial charge in [-0.2, -0.15) is 10.4 Å². The average Bonchev–Trinajstić information content (AvgIpc) is 3.30. The summed E-state index contributed by atoms with van der Waals surface area (Å²) in [4.78, 5) is 31.3. The number of rotatable bonds is 4. The largest absolute Gasteiger partial charge is 0.337 e. The van der Waals surface area contributed by atoms with Gasteiger partial charge in [0.1, 0.15) is 5.69 Å². The molecule has 1 fully saturated rings. The van der Waals surface area contributed by atoms with E-state index in [9.17, 15) is 9.59 Å². The number of amides is 2. The fourth-order valence-electron chi connectivity index (χ4n) is 3.56. The van der Waals surface area contributed by atoms with E-state index in [1.807, 2.05) is 12.1 Å². The summed E-state index contributed by atoms with van der Waals surface area (Å²) in [5.41, 5.74) is 3.00. The fourth-order valence-corrected chi connectivity index (χ4v) is 3.56. The lowest BCUT2D eigenvalue weighted by Crippen LogP contribution is -2.43. The summed E-state index contributed by atoms with van der Waals surface area (Å²) < 4.78 is 0. The van der Waals surface area contributed by atoms with Gasteiger partial charge in [0.2, 0.25) is 5.91 Å². The Balaban J connectivity index is 1.42. The number of aromatic nitrogens is 3. The Morgan fingerprint density at radius 2 is 2.03 bits per heavy atom. The van der Waals surface area contributed by atoms with Crippen molar-refractivity contribution in [3.05, 3.63) is 66.1 Å². The van der Waals surface area contributed by atoms with Crippen LogP contribution in [-0.4, -0.2) is 45.0 Å². The van der Waals surface area contributed by atoms with Crippen LogP contribution in [0.15, 0.2) is 54.9 Å². The second kappa shape index (κ2) is 8.57. The fraction of sp³-hybridized carbons (Fsp3) is 0.227. The number of likely N-dealkylation sites (tertiary alicyclic amines) is 1. The summed E-state index contributed by atoms with van der Waals surface area (Å²) in [6.45, 7) is 0.933. The van der Waals surface area contributed by atoms with Gasteiger partial charge >= 0.3 is 0 Å². The van der Waals surface area contributed by atoms with Crippen LogP contribution in [0.5, 0.6) is 0 Å². The molecule has 2 N–H and O–H groups in total. The molecular formula is C22H20N6O2. The van der Waals surface area contributed by atoms with E-state index in [1.165, 1.54) is 0 Å². The maximum atomic E-state index is 12.9. The molecule has 3 aromatic rings. The quantitative estimate of drug-likeness (QED) is 0.699. The van der Waals surface area contributed by atoms with E-state index in [0.717, 1.165) is 12.0 Å². The number of pyridine rings is 1. The van der Waals surface area contributed by atoms with Crippen LogP contribution >= 0.6 is 0 Å². The number of hydrogen-bond donors (Lipinski definition) is 2. The molecule has 0 radical (unpaired) electrons. The molecule has 1 aliphatic heterocycles. The van der Waals surface area contributed by atoms with Crippen LogP contribution in [0.4, 0.5) is 5.69 Å². The number of carbonyl (C=O) groups excluding carboxylic acids is 2. The number of nitriles is 1. The van der Waals surface area contributed by atoms with Gasteiger partial charge in [0.05, 0.1) is 23.2 Å². The van der Waals surface area contributed by atoms with Crippen molar-refractivity contribution in [1.29, 1.82) is 5.26 Å². The zero-order valence-corrected chi connectivity index (χ0v) is 16.2. The van der Waals surface area contributed by atoms with Gasteiger partial charge < -0.3 is 10.2 Å². The maximum Gasteiger partial charge on any atom is 0.271 e. The minimum absolute atomic E-state index is 0.148. The molecule has 2 amide bonds. The van der Waals surface area contributed by atoms with E-state index in [-0.39, 0.29) is 17.7 Å². The van der Waals surface area contributed by atoms with Crippen molar-refractivity contribution in [2.75, 3.05) is 18.4 Å². The average molecular weight is 400 g/mol. The highest BCUT2D eigenvalue weighted by molar-refractivity contribution is 5.96. The SMILES string of the molecule is N#Cc1cccc(NC(=O)[C@H]2CCCN(C(=O)c3cc(-c4ccncc4)n[nH]3)C2)c1. The standard InChI is InChI=1S/C22H20N6O2/c23-13-15-3-1-5-18(11-15)25-21(29)17-4-2-10-28(14-17)22(30)20-12-19(26-27-20)16-6-8-24-9-7-16/h1,3,5-9,11-12,17H,2,4,10,14H2,(H,25,29)(H,26,27)/t17-/m0/s1. The van der Waals surface area contributed by atoms with Crippen LogP contribution in [-0.2, 0) is 4.79 Å². The van der Waals surface area contributed by atoms with Gasteiger partial charge in [-0.3, -0.25) is 19.7 Å². The van der Waals surface area contributed by atoms with Crippen molar-refractivity contribution in [2.24, 2.45) is 5.92 Å². The van der Waals surface area contributed by atoms with Crippen molar-refractivity contribution in [2.45, 2.75) is 12.8 Å². The normalized spacial score (nSPS) is 16.0. The van der Waals surface area contributed by atoms with Gasteiger partial charge in [-0.1, -0.05) is 6.07 Å². The zero-order valence-electron chi connectivity index (χ0n) is 16.2. The molecule has 30 heavy (non-hydrogen) atoms. The van der Waals surface area contributed by atoms with Crippen LogP contribution in [0.25, 0.3) is 11.3 Å². The summed E-state index contributed by atoms with van der Waals surface area (Å²) in [6.07, 6.45) is 4.80. The number of hydrogen-bond acceptors (Lipinski definition) is 5. The first-order valence-corrected chi connectivity index (χ1v) is 9.70. The predicted molar refractivity (Wildman–Crippen MR) is 110 cm³/mol. The summed E-state index contributed by atoms with van der Waals surface area (Å²) in [5.74, 6) is -0.632. The molecule has 0 spiro atoms. The molecule has 2 aromatic heterocycles. The van der Waals surface area contributed by atoms with Gasteiger partial charge in [0.15, 0.2) is 0 Å². The van der Waals surface area contributed by atoms with Crippen LogP contribution in [0.1, 0.15) is 28.9 Å². The molecule has 4 rings (SSSR count). The third-order valence-corrected chi connectivity index (χ3v) is 5.12. The number of anilines is 1. The van der Waals surface area contributed by atoms with Crippen LogP contribution in [0, 0.1) is 17.2 Å². The van der Waals surface area contributed by atoms with E-state index in [0.29, 0.717) is 42.1 Å². The molecule has 8 nitrogen and oxygen atoms in total. The van der Waals surface area contributed by atoms with E-state index < -0.39 is 0 Å². The van der Waals surface area contributed by atoms with Crippen LogP contribution in [0.2, 0.25) is 0 Å². The Bertz CT molecular complexity index is 1100. The minimum atomic E-state index is -0.309. The smallest absolute Gasteiger partial charge is 0.271 e. The highest BCUT2D eigenvalue weighted by Crippen LogP contribution is 2.22. The Hall–Kier alpha value is -3.99. The third kappa shape index (κ3) is 4.20. The molecule has 1 atom stereocenters. The number of piperidine rings is 1. The maximum absolute atomic E-state index is 12.9. The highest BCUT2D eigenvalue weighted by Gasteiger charge is 2.29. The zero-order chi connectivity index (χ0) is 20.9. The third-order valence-electron chi connectivity index (χ3n) is 5.12. The molecular weight excluding hydrogens is 380 g/mol. The number of nitrogens with one attached hydrogen (secondary N) is 2. The molecule has 0 aliphatic carbocycles. The monoisotopic (exact) mass is 400 g/mol. The first kappa shape index (κ1) is 19.3. The Morgan fingerprint density at radius 1 is 1.20 bits per heavy atom. The first-order valence-electron chi connectivity index (χ1n) is 9.70. The molecule has 1 aliphatic rings. The van der Waals surface area contributed by atoms with Crippen molar-refractivity contribution >= 4 is 17.5 Å². The minimum Gasteiger partial charge on any atom is -0.337 e. The predicted octanol–water partition coefficient (Wildman–Crippen LogP) is 2.83. The Labute approximate surface area is 173 Å². The van der Waals surface area contributed by atoms with Gasteiger partial charge in [-0.15, -0.1) is 0 Å². The number of benzene rings is 1. The van der Waals surface area contributed by atoms with Gasteiger partial charge in [-0.05, 0) is 49.2 Å². The summed E-state index contributed by atoms with van der Waals surface area (Å²) in [7, 11) is 0. The Morgan fingerprint density at radius 3 is 2.83 bits per heavy atom. The van der Waals surface area contributed by atoms with E-state index >= 15 is 0 Å². The molecule has 0 unspecified atom stereocenters. The van der Waals surface area contributed by atoms with Crippen molar-refractivity contribution in [1.82, 2.24) is 20.1 Å². The number of nitrogens with zero attached hydrogens (tertiary/aromatic N) is 4. The number of aromatic amines is 1. The lowest BCUT2D eigenvalue weighted by molar-refractivity contribution is -0.121. The van der Waals surface area contributed by atoms with E-state index in [2.05, 4.69) is 26.6 Å². The lowest BCUT2D eigenvalue weighted by atomic mass is 9.96. The number of carbonyl (C=O) groups is 2. The van der Waals surface area contributed by atoms with Gasteiger partial charge in [0.25, 0.3) is 5.91 Å². The van der Waals surface area contributed by atoms with E-state index in [1.54, 1.807) is 47.6 Å². The summed E-state index contributed by atoms with van der Waals surface area (Å²) in [6, 6.07) is 14.2. The molecule has 1 aromatic carbocycles. The molecule has 1 saturated heterocycles. The first-order chi connectivity index (χ1) is 14.6. The van der Waals surface area contributed by atoms with Crippen molar-refractivity contribution < 1.29 is 9.59 Å². The van der Waals surface area contributed by atoms with Gasteiger partial charge in [-0.25, -0.2) is 0 Å². The van der Waals surface area contributed by atoms with Crippen molar-refractivity contribution in [3.8, 4) is 17.3 Å². The topological polar surface area (TPSA) is 115 Å². The molecule has 150 valence electrons. The lowest BCUT2D eigenvalue weighted by Gasteiger charge is -2.31. The van der Waals surface area contributed by atoms with Crippen LogP contribution < -0.4 is 5.32 Å². The molecule has 0 bridgehead atoms. The highest BCUT2D eigenvalue weighted by atomic mass is 16.2. The summed E-state index contributed by atoms with van der Waals surface area (Å²) in [5, 5.41) is 18.9. The molecule has 0 saturated carbocycles.